The zero-order chi connectivity index (χ0) is 16.0. The summed E-state index contributed by atoms with van der Waals surface area (Å²) >= 11 is 3.45. The van der Waals surface area contributed by atoms with Gasteiger partial charge in [-0.05, 0) is 41.5 Å². The minimum atomic E-state index is -0.328. The van der Waals surface area contributed by atoms with E-state index in [1.165, 1.54) is 12.1 Å². The lowest BCUT2D eigenvalue weighted by Gasteiger charge is -2.16. The summed E-state index contributed by atoms with van der Waals surface area (Å²) in [6.45, 7) is 1.14. The normalized spacial score (nSPS) is 13.4. The average Bonchev–Trinajstić information content (AvgIpc) is 3.11. The first-order valence-electron chi connectivity index (χ1n) is 7.20. The molecular formula is C17H13BrFN3O. The van der Waals surface area contributed by atoms with Crippen molar-refractivity contribution in [1.82, 2.24) is 9.88 Å². The number of hydrogen-bond donors (Lipinski definition) is 2. The Morgan fingerprint density at radius 3 is 2.87 bits per heavy atom. The van der Waals surface area contributed by atoms with E-state index in [9.17, 15) is 9.18 Å². The lowest BCUT2D eigenvalue weighted by molar-refractivity contribution is 0.212. The summed E-state index contributed by atoms with van der Waals surface area (Å²) in [6, 6.07) is 10.3. The molecule has 1 aromatic heterocycles. The van der Waals surface area contributed by atoms with Crippen LogP contribution in [0.2, 0.25) is 0 Å². The van der Waals surface area contributed by atoms with Crippen molar-refractivity contribution >= 4 is 38.6 Å². The van der Waals surface area contributed by atoms with E-state index in [0.29, 0.717) is 24.2 Å². The number of halogens is 2. The fraction of sp³-hybridized carbons (Fsp3) is 0.118. The molecule has 0 aliphatic carbocycles. The molecule has 4 rings (SSSR count). The molecule has 0 bridgehead atoms. The van der Waals surface area contributed by atoms with Gasteiger partial charge in [-0.1, -0.05) is 22.0 Å². The number of amides is 2. The Kier molecular flexibility index (Phi) is 3.34. The van der Waals surface area contributed by atoms with E-state index in [1.54, 1.807) is 17.2 Å². The number of hydrogen-bond acceptors (Lipinski definition) is 1. The van der Waals surface area contributed by atoms with Gasteiger partial charge < -0.3 is 15.2 Å². The summed E-state index contributed by atoms with van der Waals surface area (Å²) in [4.78, 5) is 17.3. The van der Waals surface area contributed by atoms with Crippen molar-refractivity contribution in [2.45, 2.75) is 13.1 Å². The van der Waals surface area contributed by atoms with Crippen molar-refractivity contribution in [3.63, 3.8) is 0 Å². The minimum Gasteiger partial charge on any atom is -0.359 e. The smallest absolute Gasteiger partial charge is 0.322 e. The number of nitrogens with zero attached hydrogens (tertiary/aromatic N) is 1. The third kappa shape index (κ3) is 2.59. The molecule has 23 heavy (non-hydrogen) atoms. The van der Waals surface area contributed by atoms with Crippen LogP contribution in [0.15, 0.2) is 47.1 Å². The van der Waals surface area contributed by atoms with Gasteiger partial charge in [-0.3, -0.25) is 0 Å². The maximum absolute atomic E-state index is 13.4. The minimum absolute atomic E-state index is 0.192. The van der Waals surface area contributed by atoms with Crippen molar-refractivity contribution in [2.24, 2.45) is 0 Å². The summed E-state index contributed by atoms with van der Waals surface area (Å²) in [7, 11) is 0. The Labute approximate surface area is 140 Å². The summed E-state index contributed by atoms with van der Waals surface area (Å²) < 4.78 is 14.4. The fourth-order valence-corrected chi connectivity index (χ4v) is 3.31. The highest BCUT2D eigenvalue weighted by Crippen LogP contribution is 2.28. The molecule has 116 valence electrons. The molecule has 0 atom stereocenters. The van der Waals surface area contributed by atoms with E-state index in [4.69, 9.17) is 0 Å². The van der Waals surface area contributed by atoms with Gasteiger partial charge >= 0.3 is 6.03 Å². The Hall–Kier alpha value is -2.34. The molecule has 2 N–H and O–H groups in total. The first kappa shape index (κ1) is 14.3. The lowest BCUT2D eigenvalue weighted by Crippen LogP contribution is -2.30. The van der Waals surface area contributed by atoms with Gasteiger partial charge in [-0.2, -0.15) is 0 Å². The SMILES string of the molecule is O=C(Nc1c[nH]c2ccc(F)cc12)N1Cc2ccc(Br)cc2C1. The zero-order valence-electron chi connectivity index (χ0n) is 12.1. The Bertz CT molecular complexity index is 921. The zero-order valence-corrected chi connectivity index (χ0v) is 13.7. The summed E-state index contributed by atoms with van der Waals surface area (Å²) in [5.41, 5.74) is 3.66. The van der Waals surface area contributed by atoms with Gasteiger partial charge in [0.15, 0.2) is 0 Å². The first-order valence-corrected chi connectivity index (χ1v) is 7.99. The number of carbonyl (C=O) groups excluding carboxylic acids is 1. The molecule has 0 saturated heterocycles. The molecule has 0 fully saturated rings. The number of fused-ring (bicyclic) bond motifs is 2. The van der Waals surface area contributed by atoms with Crippen molar-refractivity contribution < 1.29 is 9.18 Å². The van der Waals surface area contributed by atoms with E-state index < -0.39 is 0 Å². The average molecular weight is 374 g/mol. The molecule has 0 unspecified atom stereocenters. The molecule has 0 radical (unpaired) electrons. The first-order chi connectivity index (χ1) is 11.1. The highest BCUT2D eigenvalue weighted by atomic mass is 79.9. The van der Waals surface area contributed by atoms with Crippen LogP contribution in [-0.2, 0) is 13.1 Å². The quantitative estimate of drug-likeness (QED) is 0.642. The number of benzene rings is 2. The number of rotatable bonds is 1. The van der Waals surface area contributed by atoms with Gasteiger partial charge in [0.2, 0.25) is 0 Å². The summed E-state index contributed by atoms with van der Waals surface area (Å²) in [5.74, 6) is -0.328. The molecule has 0 spiro atoms. The van der Waals surface area contributed by atoms with E-state index >= 15 is 0 Å². The molecule has 1 aliphatic heterocycles. The number of anilines is 1. The molecule has 2 heterocycles. The highest BCUT2D eigenvalue weighted by Gasteiger charge is 2.24. The van der Waals surface area contributed by atoms with Gasteiger partial charge in [0.05, 0.1) is 5.69 Å². The van der Waals surface area contributed by atoms with E-state index in [-0.39, 0.29) is 11.8 Å². The van der Waals surface area contributed by atoms with Crippen molar-refractivity contribution in [3.8, 4) is 0 Å². The van der Waals surface area contributed by atoms with Crippen LogP contribution in [0.5, 0.6) is 0 Å². The number of carbonyl (C=O) groups is 1. The Morgan fingerprint density at radius 1 is 1.17 bits per heavy atom. The van der Waals surface area contributed by atoms with Crippen LogP contribution in [0.1, 0.15) is 11.1 Å². The summed E-state index contributed by atoms with van der Waals surface area (Å²) in [5, 5.41) is 3.53. The van der Waals surface area contributed by atoms with Crippen LogP contribution in [0.4, 0.5) is 14.9 Å². The van der Waals surface area contributed by atoms with Crippen molar-refractivity contribution in [3.05, 3.63) is 64.0 Å². The van der Waals surface area contributed by atoms with Crippen molar-refractivity contribution in [2.75, 3.05) is 5.32 Å². The van der Waals surface area contributed by atoms with Crippen LogP contribution in [-0.4, -0.2) is 15.9 Å². The summed E-state index contributed by atoms with van der Waals surface area (Å²) in [6.07, 6.45) is 1.68. The standard InChI is InChI=1S/C17H13BrFN3O/c18-12-2-1-10-8-22(9-11(10)5-12)17(23)21-16-7-20-15-4-3-13(19)6-14(15)16/h1-7,20H,8-9H2,(H,21,23). The third-order valence-corrected chi connectivity index (χ3v) is 4.56. The second kappa shape index (κ2) is 5.38. The molecule has 3 aromatic rings. The largest absolute Gasteiger partial charge is 0.359 e. The number of nitrogens with one attached hydrogen (secondary N) is 2. The maximum atomic E-state index is 13.4. The van der Waals surface area contributed by atoms with E-state index in [0.717, 1.165) is 21.1 Å². The lowest BCUT2D eigenvalue weighted by atomic mass is 10.1. The molecule has 4 nitrogen and oxygen atoms in total. The fourth-order valence-electron chi connectivity index (χ4n) is 2.90. The number of H-pyrrole nitrogens is 1. The predicted octanol–water partition coefficient (Wildman–Crippen LogP) is 4.62. The number of urea groups is 1. The van der Waals surface area contributed by atoms with Gasteiger partial charge in [0.1, 0.15) is 5.82 Å². The van der Waals surface area contributed by atoms with Crippen LogP contribution < -0.4 is 5.32 Å². The molecule has 0 saturated carbocycles. The Morgan fingerprint density at radius 2 is 2.00 bits per heavy atom. The monoisotopic (exact) mass is 373 g/mol. The topological polar surface area (TPSA) is 48.1 Å². The second-order valence-electron chi connectivity index (χ2n) is 5.59. The maximum Gasteiger partial charge on any atom is 0.322 e. The van der Waals surface area contributed by atoms with Crippen LogP contribution in [0, 0.1) is 5.82 Å². The van der Waals surface area contributed by atoms with Crippen LogP contribution in [0.25, 0.3) is 10.9 Å². The highest BCUT2D eigenvalue weighted by molar-refractivity contribution is 9.10. The van der Waals surface area contributed by atoms with E-state index in [2.05, 4.69) is 26.2 Å². The van der Waals surface area contributed by atoms with Gasteiger partial charge in [-0.25, -0.2) is 9.18 Å². The molecular weight excluding hydrogens is 361 g/mol. The second-order valence-corrected chi connectivity index (χ2v) is 6.51. The van der Waals surface area contributed by atoms with Crippen LogP contribution >= 0.6 is 15.9 Å². The number of aromatic amines is 1. The molecule has 6 heteroatoms. The van der Waals surface area contributed by atoms with E-state index in [1.807, 2.05) is 18.2 Å². The van der Waals surface area contributed by atoms with Crippen molar-refractivity contribution in [1.29, 1.82) is 0 Å². The third-order valence-electron chi connectivity index (χ3n) is 4.06. The van der Waals surface area contributed by atoms with Crippen LogP contribution in [0.3, 0.4) is 0 Å². The molecule has 2 amide bonds. The molecule has 2 aromatic carbocycles. The Balaban J connectivity index is 1.55. The van der Waals surface area contributed by atoms with Gasteiger partial charge in [0, 0.05) is 34.7 Å². The number of aromatic nitrogens is 1. The van der Waals surface area contributed by atoms with Gasteiger partial charge in [-0.15, -0.1) is 0 Å². The predicted molar refractivity (Wildman–Crippen MR) is 90.7 cm³/mol. The molecule has 1 aliphatic rings. The van der Waals surface area contributed by atoms with Gasteiger partial charge in [0.25, 0.3) is 0 Å².